The van der Waals surface area contributed by atoms with Crippen LogP contribution in [0.15, 0.2) is 24.3 Å². The molecule has 0 unspecified atom stereocenters. The minimum atomic E-state index is -4.68. The number of rotatable bonds is 1. The molecular formula is C12H4Cl3F4N. The van der Waals surface area contributed by atoms with E-state index in [1.165, 1.54) is 12.1 Å². The van der Waals surface area contributed by atoms with Crippen LogP contribution < -0.4 is 0 Å². The first-order valence-electron chi connectivity index (χ1n) is 5.09. The minimum absolute atomic E-state index is 0.00669. The van der Waals surface area contributed by atoms with Crippen molar-refractivity contribution >= 4 is 34.8 Å². The highest BCUT2D eigenvalue weighted by Crippen LogP contribution is 2.36. The molecule has 0 atom stereocenters. The number of pyridine rings is 1. The SMILES string of the molecule is Fc1ccc(C(F)(F)F)nc1-c1cc(Cl)c(Cl)c(Cl)c1. The van der Waals surface area contributed by atoms with E-state index in [1.54, 1.807) is 0 Å². The average Bonchev–Trinajstić information content (AvgIpc) is 2.34. The standard InChI is InChI=1S/C12H4Cl3F4N/c13-6-3-5(4-7(14)10(6)15)11-8(16)1-2-9(20-11)12(17,18)19/h1-4H. The molecule has 0 bridgehead atoms. The van der Waals surface area contributed by atoms with Crippen molar-refractivity contribution in [2.45, 2.75) is 6.18 Å². The molecule has 1 aromatic heterocycles. The first-order valence-corrected chi connectivity index (χ1v) is 6.22. The fourth-order valence-electron chi connectivity index (χ4n) is 1.49. The fraction of sp³-hybridized carbons (Fsp3) is 0.0833. The van der Waals surface area contributed by atoms with Crippen molar-refractivity contribution in [1.82, 2.24) is 4.98 Å². The van der Waals surface area contributed by atoms with Gasteiger partial charge in [0, 0.05) is 5.56 Å². The lowest BCUT2D eigenvalue weighted by molar-refractivity contribution is -0.141. The smallest absolute Gasteiger partial charge is 0.240 e. The molecule has 1 aromatic carbocycles. The van der Waals surface area contributed by atoms with Gasteiger partial charge in [-0.05, 0) is 24.3 Å². The van der Waals surface area contributed by atoms with E-state index in [9.17, 15) is 17.6 Å². The van der Waals surface area contributed by atoms with Gasteiger partial charge < -0.3 is 0 Å². The van der Waals surface area contributed by atoms with Crippen molar-refractivity contribution in [3.05, 3.63) is 50.8 Å². The maximum absolute atomic E-state index is 13.7. The summed E-state index contributed by atoms with van der Waals surface area (Å²) in [6.45, 7) is 0. The Morgan fingerprint density at radius 1 is 0.950 bits per heavy atom. The third-order valence-electron chi connectivity index (χ3n) is 2.39. The molecule has 0 aliphatic rings. The van der Waals surface area contributed by atoms with Gasteiger partial charge in [-0.1, -0.05) is 34.8 Å². The number of nitrogens with zero attached hydrogens (tertiary/aromatic N) is 1. The Morgan fingerprint density at radius 3 is 2.00 bits per heavy atom. The second-order valence-corrected chi connectivity index (χ2v) is 4.97. The molecule has 0 aliphatic heterocycles. The monoisotopic (exact) mass is 343 g/mol. The highest BCUT2D eigenvalue weighted by molar-refractivity contribution is 6.48. The van der Waals surface area contributed by atoms with Crippen LogP contribution in [0, 0.1) is 5.82 Å². The molecule has 0 radical (unpaired) electrons. The summed E-state index contributed by atoms with van der Waals surface area (Å²) in [4.78, 5) is 3.27. The van der Waals surface area contributed by atoms with Gasteiger partial charge in [0.2, 0.25) is 0 Å². The van der Waals surface area contributed by atoms with Crippen LogP contribution in [0.4, 0.5) is 17.6 Å². The maximum Gasteiger partial charge on any atom is 0.433 e. The highest BCUT2D eigenvalue weighted by atomic mass is 35.5. The van der Waals surface area contributed by atoms with Crippen molar-refractivity contribution in [2.24, 2.45) is 0 Å². The molecule has 1 nitrogen and oxygen atoms in total. The Balaban J connectivity index is 2.63. The summed E-state index contributed by atoms with van der Waals surface area (Å²) < 4.78 is 51.4. The summed E-state index contributed by atoms with van der Waals surface area (Å²) in [5.74, 6) is -0.924. The van der Waals surface area contributed by atoms with Gasteiger partial charge in [0.25, 0.3) is 0 Å². The largest absolute Gasteiger partial charge is 0.433 e. The lowest BCUT2D eigenvalue weighted by Gasteiger charge is -2.10. The molecule has 0 saturated carbocycles. The minimum Gasteiger partial charge on any atom is -0.240 e. The summed E-state index contributed by atoms with van der Waals surface area (Å²) in [6.07, 6.45) is -4.68. The van der Waals surface area contributed by atoms with Crippen LogP contribution in [0.1, 0.15) is 5.69 Å². The second-order valence-electron chi connectivity index (χ2n) is 3.78. The van der Waals surface area contributed by atoms with E-state index in [1.807, 2.05) is 0 Å². The Labute approximate surface area is 126 Å². The molecule has 1 heterocycles. The summed E-state index contributed by atoms with van der Waals surface area (Å²) in [7, 11) is 0. The Bertz CT molecular complexity index is 647. The van der Waals surface area contributed by atoms with Gasteiger partial charge in [0.15, 0.2) is 0 Å². The van der Waals surface area contributed by atoms with E-state index in [0.29, 0.717) is 12.1 Å². The van der Waals surface area contributed by atoms with Crippen LogP contribution in [0.5, 0.6) is 0 Å². The van der Waals surface area contributed by atoms with Crippen LogP contribution in [0.3, 0.4) is 0 Å². The zero-order valence-electron chi connectivity index (χ0n) is 9.40. The van der Waals surface area contributed by atoms with Crippen LogP contribution in [0.2, 0.25) is 15.1 Å². The zero-order valence-corrected chi connectivity index (χ0v) is 11.7. The number of hydrogen-bond donors (Lipinski definition) is 0. The number of halogens is 7. The van der Waals surface area contributed by atoms with Crippen molar-refractivity contribution in [2.75, 3.05) is 0 Å². The van der Waals surface area contributed by atoms with Crippen molar-refractivity contribution in [3.63, 3.8) is 0 Å². The predicted molar refractivity (Wildman–Crippen MR) is 69.7 cm³/mol. The van der Waals surface area contributed by atoms with Gasteiger partial charge in [-0.25, -0.2) is 9.37 Å². The quantitative estimate of drug-likeness (QED) is 0.466. The Kier molecular flexibility index (Phi) is 4.14. The molecule has 0 spiro atoms. The van der Waals surface area contributed by atoms with E-state index < -0.39 is 23.4 Å². The van der Waals surface area contributed by atoms with Crippen LogP contribution in [-0.4, -0.2) is 4.98 Å². The Morgan fingerprint density at radius 2 is 1.50 bits per heavy atom. The second kappa shape index (κ2) is 5.39. The average molecular weight is 345 g/mol. The van der Waals surface area contributed by atoms with Gasteiger partial charge in [-0.15, -0.1) is 0 Å². The zero-order chi connectivity index (χ0) is 15.1. The van der Waals surface area contributed by atoms with Crippen LogP contribution >= 0.6 is 34.8 Å². The number of benzene rings is 1. The molecule has 0 amide bonds. The molecule has 0 aliphatic carbocycles. The van der Waals surface area contributed by atoms with E-state index in [4.69, 9.17) is 34.8 Å². The first kappa shape index (κ1) is 15.4. The molecule has 8 heteroatoms. The van der Waals surface area contributed by atoms with Crippen molar-refractivity contribution < 1.29 is 17.6 Å². The summed E-state index contributed by atoms with van der Waals surface area (Å²) >= 11 is 17.2. The lowest BCUT2D eigenvalue weighted by Crippen LogP contribution is -2.09. The summed E-state index contributed by atoms with van der Waals surface area (Å²) in [5.41, 5.74) is -1.70. The highest BCUT2D eigenvalue weighted by Gasteiger charge is 2.33. The van der Waals surface area contributed by atoms with Gasteiger partial charge in [0.05, 0.1) is 15.1 Å². The molecular weight excluding hydrogens is 340 g/mol. The number of aromatic nitrogens is 1. The fourth-order valence-corrected chi connectivity index (χ4v) is 2.09. The lowest BCUT2D eigenvalue weighted by atomic mass is 10.1. The third kappa shape index (κ3) is 3.00. The molecule has 0 fully saturated rings. The van der Waals surface area contributed by atoms with E-state index in [-0.39, 0.29) is 20.6 Å². The van der Waals surface area contributed by atoms with Crippen LogP contribution in [0.25, 0.3) is 11.3 Å². The van der Waals surface area contributed by atoms with Crippen molar-refractivity contribution in [1.29, 1.82) is 0 Å². The van der Waals surface area contributed by atoms with E-state index >= 15 is 0 Å². The molecule has 2 rings (SSSR count). The molecule has 0 N–H and O–H groups in total. The molecule has 2 aromatic rings. The molecule has 0 saturated heterocycles. The molecule has 106 valence electrons. The summed E-state index contributed by atoms with van der Waals surface area (Å²) in [6, 6.07) is 3.63. The Hall–Kier alpha value is -1.04. The van der Waals surface area contributed by atoms with E-state index in [2.05, 4.69) is 4.98 Å². The van der Waals surface area contributed by atoms with Crippen molar-refractivity contribution in [3.8, 4) is 11.3 Å². The normalized spacial score (nSPS) is 11.8. The molecule has 20 heavy (non-hydrogen) atoms. The van der Waals surface area contributed by atoms with E-state index in [0.717, 1.165) is 0 Å². The topological polar surface area (TPSA) is 12.9 Å². The number of hydrogen-bond acceptors (Lipinski definition) is 1. The number of alkyl halides is 3. The van der Waals surface area contributed by atoms with Gasteiger partial charge in [-0.3, -0.25) is 0 Å². The predicted octanol–water partition coefficient (Wildman–Crippen LogP) is 5.87. The first-order chi connectivity index (χ1) is 9.20. The van der Waals surface area contributed by atoms with Crippen LogP contribution in [-0.2, 0) is 6.18 Å². The van der Waals surface area contributed by atoms with Gasteiger partial charge >= 0.3 is 6.18 Å². The van der Waals surface area contributed by atoms with Gasteiger partial charge in [0.1, 0.15) is 17.2 Å². The summed E-state index contributed by atoms with van der Waals surface area (Å²) in [5, 5.41) is 0.0185. The van der Waals surface area contributed by atoms with Gasteiger partial charge in [-0.2, -0.15) is 13.2 Å². The maximum atomic E-state index is 13.7. The third-order valence-corrected chi connectivity index (χ3v) is 3.59.